The number of hydrogen-bond donors (Lipinski definition) is 0. The van der Waals surface area contributed by atoms with Crippen molar-refractivity contribution in [3.63, 3.8) is 0 Å². The lowest BCUT2D eigenvalue weighted by molar-refractivity contribution is 0.112. The molecule has 0 fully saturated rings. The van der Waals surface area contributed by atoms with E-state index in [1.165, 1.54) is 0 Å². The van der Waals surface area contributed by atoms with Gasteiger partial charge in [-0.05, 0) is 26.3 Å². The fourth-order valence-electron chi connectivity index (χ4n) is 0.927. The molecular formula is C12H15NO2S. The van der Waals surface area contributed by atoms with Crippen molar-refractivity contribution in [2.24, 2.45) is 4.40 Å². The minimum Gasteiger partial charge on any atom is -0.298 e. The summed E-state index contributed by atoms with van der Waals surface area (Å²) in [7, 11) is -1.25. The normalized spacial score (nSPS) is 13.9. The van der Waals surface area contributed by atoms with Crippen molar-refractivity contribution in [3.8, 4) is 0 Å². The molecule has 4 heteroatoms. The molecule has 0 saturated heterocycles. The van der Waals surface area contributed by atoms with Crippen molar-refractivity contribution in [1.82, 2.24) is 0 Å². The van der Waals surface area contributed by atoms with Crippen LogP contribution in [0.5, 0.6) is 0 Å². The first-order valence-electron chi connectivity index (χ1n) is 4.95. The topological polar surface area (TPSA) is 46.5 Å². The zero-order chi connectivity index (χ0) is 12.2. The Morgan fingerprint density at radius 1 is 1.12 bits per heavy atom. The third-order valence-electron chi connectivity index (χ3n) is 1.89. The third-order valence-corrected chi connectivity index (χ3v) is 3.24. The minimum atomic E-state index is -1.25. The molecule has 0 amide bonds. The van der Waals surface area contributed by atoms with E-state index in [0.717, 1.165) is 11.8 Å². The molecule has 0 heterocycles. The maximum Gasteiger partial charge on any atom is 0.150 e. The highest BCUT2D eigenvalue weighted by atomic mass is 32.2. The van der Waals surface area contributed by atoms with E-state index in [2.05, 4.69) is 4.40 Å². The molecule has 0 saturated carbocycles. The van der Waals surface area contributed by atoms with Gasteiger partial charge in [-0.2, -0.15) is 4.40 Å². The molecule has 16 heavy (non-hydrogen) atoms. The zero-order valence-electron chi connectivity index (χ0n) is 9.64. The van der Waals surface area contributed by atoms with E-state index in [0.29, 0.717) is 5.56 Å². The molecule has 1 rings (SSSR count). The molecule has 3 nitrogen and oxygen atoms in total. The second-order valence-corrected chi connectivity index (χ2v) is 6.31. The van der Waals surface area contributed by atoms with Crippen molar-refractivity contribution in [2.75, 3.05) is 0 Å². The van der Waals surface area contributed by atoms with Crippen LogP contribution in [-0.2, 0) is 11.0 Å². The van der Waals surface area contributed by atoms with Gasteiger partial charge in [0.25, 0.3) is 0 Å². The lowest BCUT2D eigenvalue weighted by Crippen LogP contribution is -2.19. The van der Waals surface area contributed by atoms with Gasteiger partial charge in [0.1, 0.15) is 17.3 Å². The SMILES string of the molecule is CC(C)(C)[S@@](=O)N=Cc1ccc(C=O)cc1. The van der Waals surface area contributed by atoms with Crippen molar-refractivity contribution >= 4 is 23.5 Å². The quantitative estimate of drug-likeness (QED) is 0.598. The van der Waals surface area contributed by atoms with Crippen LogP contribution < -0.4 is 0 Å². The average molecular weight is 237 g/mol. The van der Waals surface area contributed by atoms with Gasteiger partial charge in [0, 0.05) is 11.8 Å². The maximum atomic E-state index is 11.6. The second-order valence-electron chi connectivity index (χ2n) is 4.38. The Balaban J connectivity index is 2.77. The van der Waals surface area contributed by atoms with Gasteiger partial charge in [-0.3, -0.25) is 4.79 Å². The maximum absolute atomic E-state index is 11.6. The summed E-state index contributed by atoms with van der Waals surface area (Å²) in [5.41, 5.74) is 1.46. The van der Waals surface area contributed by atoms with Gasteiger partial charge in [-0.1, -0.05) is 24.3 Å². The Morgan fingerprint density at radius 3 is 2.06 bits per heavy atom. The molecule has 1 atom stereocenters. The van der Waals surface area contributed by atoms with Crippen LogP contribution in [0, 0.1) is 0 Å². The van der Waals surface area contributed by atoms with Crippen LogP contribution in [0.2, 0.25) is 0 Å². The summed E-state index contributed by atoms with van der Waals surface area (Å²) >= 11 is 0. The summed E-state index contributed by atoms with van der Waals surface area (Å²) in [6.07, 6.45) is 2.35. The summed E-state index contributed by atoms with van der Waals surface area (Å²) in [6.45, 7) is 5.61. The number of aldehydes is 1. The van der Waals surface area contributed by atoms with Gasteiger partial charge >= 0.3 is 0 Å². The molecule has 1 aromatic carbocycles. The van der Waals surface area contributed by atoms with E-state index < -0.39 is 11.0 Å². The smallest absolute Gasteiger partial charge is 0.150 e. The summed E-state index contributed by atoms with van der Waals surface area (Å²) in [4.78, 5) is 10.4. The summed E-state index contributed by atoms with van der Waals surface area (Å²) in [5.74, 6) is 0. The number of rotatable bonds is 3. The summed E-state index contributed by atoms with van der Waals surface area (Å²) in [6, 6.07) is 6.95. The molecule has 0 N–H and O–H groups in total. The van der Waals surface area contributed by atoms with Gasteiger partial charge in [0.15, 0.2) is 0 Å². The molecule has 0 spiro atoms. The third kappa shape index (κ3) is 3.70. The minimum absolute atomic E-state index is 0.348. The van der Waals surface area contributed by atoms with Gasteiger partial charge in [-0.25, -0.2) is 4.21 Å². The standard InChI is InChI=1S/C12H15NO2S/c1-12(2,3)16(15)13-8-10-4-6-11(9-14)7-5-10/h4-9H,1-3H3/t16-/m1/s1. The van der Waals surface area contributed by atoms with E-state index in [4.69, 9.17) is 0 Å². The summed E-state index contributed by atoms with van der Waals surface area (Å²) < 4.78 is 15.3. The van der Waals surface area contributed by atoms with E-state index >= 15 is 0 Å². The number of benzene rings is 1. The van der Waals surface area contributed by atoms with Crippen molar-refractivity contribution < 1.29 is 9.00 Å². The largest absolute Gasteiger partial charge is 0.298 e. The Kier molecular flexibility index (Phi) is 4.12. The highest BCUT2D eigenvalue weighted by molar-refractivity contribution is 7.85. The lowest BCUT2D eigenvalue weighted by atomic mass is 10.2. The Bertz CT molecular complexity index is 416. The Hall–Kier alpha value is -1.29. The highest BCUT2D eigenvalue weighted by Gasteiger charge is 2.17. The molecule has 0 aromatic heterocycles. The first-order chi connectivity index (χ1) is 7.43. The molecule has 0 aliphatic carbocycles. The monoisotopic (exact) mass is 237 g/mol. The number of hydrogen-bond acceptors (Lipinski definition) is 2. The fraction of sp³-hybridized carbons (Fsp3) is 0.333. The predicted molar refractivity (Wildman–Crippen MR) is 67.3 cm³/mol. The van der Waals surface area contributed by atoms with Gasteiger partial charge in [-0.15, -0.1) is 0 Å². The Morgan fingerprint density at radius 2 is 1.62 bits per heavy atom. The van der Waals surface area contributed by atoms with E-state index in [1.54, 1.807) is 30.5 Å². The van der Waals surface area contributed by atoms with Crippen LogP contribution >= 0.6 is 0 Å². The molecule has 0 aliphatic heterocycles. The average Bonchev–Trinajstić information content (AvgIpc) is 2.25. The van der Waals surface area contributed by atoms with Gasteiger partial charge < -0.3 is 0 Å². The molecule has 86 valence electrons. The molecular weight excluding hydrogens is 222 g/mol. The van der Waals surface area contributed by atoms with Crippen LogP contribution in [0.4, 0.5) is 0 Å². The highest BCUT2D eigenvalue weighted by Crippen LogP contribution is 2.12. The van der Waals surface area contributed by atoms with Crippen LogP contribution in [-0.4, -0.2) is 21.5 Å². The fourth-order valence-corrected chi connectivity index (χ4v) is 1.46. The zero-order valence-corrected chi connectivity index (χ0v) is 10.5. The van der Waals surface area contributed by atoms with Crippen LogP contribution in [0.25, 0.3) is 0 Å². The lowest BCUT2D eigenvalue weighted by Gasteiger charge is -2.12. The van der Waals surface area contributed by atoms with Crippen LogP contribution in [0.15, 0.2) is 28.7 Å². The van der Waals surface area contributed by atoms with Crippen LogP contribution in [0.1, 0.15) is 36.7 Å². The van der Waals surface area contributed by atoms with Gasteiger partial charge in [0.2, 0.25) is 0 Å². The van der Waals surface area contributed by atoms with Crippen LogP contribution in [0.3, 0.4) is 0 Å². The predicted octanol–water partition coefficient (Wildman–Crippen LogP) is 2.38. The first kappa shape index (κ1) is 12.8. The number of carbonyl (C=O) groups excluding carboxylic acids is 1. The Labute approximate surface area is 98.2 Å². The molecule has 0 unspecified atom stereocenters. The van der Waals surface area contributed by atoms with E-state index in [-0.39, 0.29) is 4.75 Å². The molecule has 0 aliphatic rings. The number of carbonyl (C=O) groups is 1. The van der Waals surface area contributed by atoms with Gasteiger partial charge in [0.05, 0.1) is 4.75 Å². The second kappa shape index (κ2) is 5.16. The van der Waals surface area contributed by atoms with Crippen molar-refractivity contribution in [3.05, 3.63) is 35.4 Å². The molecule has 0 bridgehead atoms. The first-order valence-corrected chi connectivity index (χ1v) is 6.05. The van der Waals surface area contributed by atoms with Crippen molar-refractivity contribution in [1.29, 1.82) is 0 Å². The summed E-state index contributed by atoms with van der Waals surface area (Å²) in [5, 5.41) is 0. The van der Waals surface area contributed by atoms with E-state index in [1.807, 2.05) is 20.8 Å². The molecule has 0 radical (unpaired) electrons. The van der Waals surface area contributed by atoms with E-state index in [9.17, 15) is 9.00 Å². The molecule has 1 aromatic rings. The van der Waals surface area contributed by atoms with Crippen molar-refractivity contribution in [2.45, 2.75) is 25.5 Å². The number of nitrogens with zero attached hydrogens (tertiary/aromatic N) is 1.